The van der Waals surface area contributed by atoms with Crippen LogP contribution in [0.2, 0.25) is 0 Å². The van der Waals surface area contributed by atoms with Crippen molar-refractivity contribution in [1.29, 1.82) is 0 Å². The third kappa shape index (κ3) is 4.17. The van der Waals surface area contributed by atoms with Crippen molar-refractivity contribution in [1.82, 2.24) is 15.3 Å². The number of nitrogens with zero attached hydrogens (tertiary/aromatic N) is 2. The van der Waals surface area contributed by atoms with E-state index in [0.29, 0.717) is 24.0 Å². The van der Waals surface area contributed by atoms with E-state index >= 15 is 0 Å². The normalized spacial score (nSPS) is 18.9. The molecule has 1 aromatic heterocycles. The van der Waals surface area contributed by atoms with Crippen molar-refractivity contribution in [2.24, 2.45) is 5.92 Å². The third-order valence-electron chi connectivity index (χ3n) is 3.23. The minimum absolute atomic E-state index is 0.126. The second kappa shape index (κ2) is 7.04. The van der Waals surface area contributed by atoms with Gasteiger partial charge < -0.3 is 15.4 Å². The first-order valence-electron chi connectivity index (χ1n) is 6.65. The smallest absolute Gasteiger partial charge is 0.254 e. The van der Waals surface area contributed by atoms with Gasteiger partial charge in [-0.1, -0.05) is 0 Å². The van der Waals surface area contributed by atoms with E-state index < -0.39 is 0 Å². The average Bonchev–Trinajstić information content (AvgIpc) is 2.48. The number of amides is 1. The lowest BCUT2D eigenvalue weighted by Gasteiger charge is -2.21. The van der Waals surface area contributed by atoms with Crippen molar-refractivity contribution in [2.75, 3.05) is 32.1 Å². The van der Waals surface area contributed by atoms with Crippen LogP contribution in [-0.4, -0.2) is 42.7 Å². The van der Waals surface area contributed by atoms with Gasteiger partial charge in [-0.05, 0) is 25.2 Å². The quantitative estimate of drug-likeness (QED) is 0.831. The predicted molar refractivity (Wildman–Crippen MR) is 72.1 cm³/mol. The number of hydrogen-bond acceptors (Lipinski definition) is 5. The van der Waals surface area contributed by atoms with Crippen LogP contribution in [0, 0.1) is 5.92 Å². The van der Waals surface area contributed by atoms with E-state index in [9.17, 15) is 4.79 Å². The molecule has 0 aromatic carbocycles. The van der Waals surface area contributed by atoms with Crippen LogP contribution in [0.3, 0.4) is 0 Å². The minimum atomic E-state index is -0.126. The van der Waals surface area contributed by atoms with Gasteiger partial charge in [0.25, 0.3) is 5.91 Å². The number of hydrogen-bond donors (Lipinski definition) is 2. The number of ether oxygens (including phenoxy) is 1. The summed E-state index contributed by atoms with van der Waals surface area (Å²) in [4.78, 5) is 19.9. The highest BCUT2D eigenvalue weighted by atomic mass is 16.5. The van der Waals surface area contributed by atoms with Gasteiger partial charge in [-0.2, -0.15) is 0 Å². The molecule has 1 saturated heterocycles. The number of rotatable bonds is 5. The Bertz CT molecular complexity index is 402. The molecule has 1 fully saturated rings. The van der Waals surface area contributed by atoms with E-state index in [0.717, 1.165) is 26.1 Å². The van der Waals surface area contributed by atoms with Gasteiger partial charge >= 0.3 is 0 Å². The Hall–Kier alpha value is -1.69. The Morgan fingerprint density at radius 2 is 2.26 bits per heavy atom. The second-order valence-electron chi connectivity index (χ2n) is 4.67. The minimum Gasteiger partial charge on any atom is -0.381 e. The van der Waals surface area contributed by atoms with Gasteiger partial charge in [0.2, 0.25) is 5.95 Å². The molecule has 1 aromatic rings. The fraction of sp³-hybridized carbons (Fsp3) is 0.615. The van der Waals surface area contributed by atoms with Crippen molar-refractivity contribution in [2.45, 2.75) is 19.3 Å². The van der Waals surface area contributed by atoms with Gasteiger partial charge in [0.05, 0.1) is 5.56 Å². The molecule has 1 atom stereocenters. The van der Waals surface area contributed by atoms with Crippen LogP contribution < -0.4 is 10.6 Å². The number of carbonyl (C=O) groups is 1. The Balaban J connectivity index is 1.73. The maximum absolute atomic E-state index is 11.8. The van der Waals surface area contributed by atoms with Crippen molar-refractivity contribution in [3.8, 4) is 0 Å². The molecule has 2 heterocycles. The van der Waals surface area contributed by atoms with Crippen LogP contribution >= 0.6 is 0 Å². The summed E-state index contributed by atoms with van der Waals surface area (Å²) in [7, 11) is 1.74. The summed E-state index contributed by atoms with van der Waals surface area (Å²) >= 11 is 0. The Labute approximate surface area is 113 Å². The molecule has 0 aliphatic carbocycles. The standard InChI is InChI=1S/C13H20N4O2/c1-14-13-16-7-11(8-17-13)12(18)15-5-4-10-3-2-6-19-9-10/h7-8,10H,2-6,9H2,1H3,(H,15,18)(H,14,16,17). The molecular weight excluding hydrogens is 244 g/mol. The summed E-state index contributed by atoms with van der Waals surface area (Å²) in [5.74, 6) is 0.951. The molecule has 0 saturated carbocycles. The predicted octanol–water partition coefficient (Wildman–Crippen LogP) is 1.06. The van der Waals surface area contributed by atoms with E-state index in [2.05, 4.69) is 20.6 Å². The lowest BCUT2D eigenvalue weighted by Crippen LogP contribution is -2.28. The molecule has 1 unspecified atom stereocenters. The molecule has 0 spiro atoms. The van der Waals surface area contributed by atoms with Gasteiger partial charge in [-0.15, -0.1) is 0 Å². The van der Waals surface area contributed by atoms with Crippen LogP contribution in [0.25, 0.3) is 0 Å². The molecule has 19 heavy (non-hydrogen) atoms. The number of anilines is 1. The maximum Gasteiger partial charge on any atom is 0.254 e. The van der Waals surface area contributed by atoms with Crippen molar-refractivity contribution in [3.05, 3.63) is 18.0 Å². The van der Waals surface area contributed by atoms with Gasteiger partial charge in [-0.25, -0.2) is 9.97 Å². The SMILES string of the molecule is CNc1ncc(C(=O)NCCC2CCCOC2)cn1. The Kier molecular flexibility index (Phi) is 5.09. The van der Waals surface area contributed by atoms with Crippen LogP contribution in [0.4, 0.5) is 5.95 Å². The summed E-state index contributed by atoms with van der Waals surface area (Å²) < 4.78 is 5.41. The summed E-state index contributed by atoms with van der Waals surface area (Å²) in [5, 5.41) is 5.70. The molecular formula is C13H20N4O2. The lowest BCUT2D eigenvalue weighted by atomic mass is 9.99. The van der Waals surface area contributed by atoms with Crippen LogP contribution in [0.5, 0.6) is 0 Å². The Morgan fingerprint density at radius 3 is 2.89 bits per heavy atom. The van der Waals surface area contributed by atoms with Crippen LogP contribution in [0.15, 0.2) is 12.4 Å². The first-order valence-corrected chi connectivity index (χ1v) is 6.65. The Morgan fingerprint density at radius 1 is 1.47 bits per heavy atom. The molecule has 6 nitrogen and oxygen atoms in total. The zero-order valence-electron chi connectivity index (χ0n) is 11.2. The summed E-state index contributed by atoms with van der Waals surface area (Å²) in [5.41, 5.74) is 0.485. The zero-order chi connectivity index (χ0) is 13.5. The molecule has 104 valence electrons. The van der Waals surface area contributed by atoms with Gasteiger partial charge in [0.1, 0.15) is 0 Å². The zero-order valence-corrected chi connectivity index (χ0v) is 11.2. The second-order valence-corrected chi connectivity index (χ2v) is 4.67. The largest absolute Gasteiger partial charge is 0.381 e. The summed E-state index contributed by atoms with van der Waals surface area (Å²) in [6.45, 7) is 2.36. The number of carbonyl (C=O) groups excluding carboxylic acids is 1. The monoisotopic (exact) mass is 264 g/mol. The number of aromatic nitrogens is 2. The summed E-state index contributed by atoms with van der Waals surface area (Å²) in [6.07, 6.45) is 6.32. The van der Waals surface area contributed by atoms with Crippen molar-refractivity contribution >= 4 is 11.9 Å². The van der Waals surface area contributed by atoms with Crippen molar-refractivity contribution in [3.63, 3.8) is 0 Å². The van der Waals surface area contributed by atoms with Gasteiger partial charge in [0, 0.05) is 39.2 Å². The number of nitrogens with one attached hydrogen (secondary N) is 2. The fourth-order valence-corrected chi connectivity index (χ4v) is 2.10. The highest BCUT2D eigenvalue weighted by Gasteiger charge is 2.14. The van der Waals surface area contributed by atoms with E-state index in [1.54, 1.807) is 7.05 Å². The molecule has 2 rings (SSSR count). The topological polar surface area (TPSA) is 76.1 Å². The molecule has 1 aliphatic rings. The molecule has 2 N–H and O–H groups in total. The first kappa shape index (κ1) is 13.7. The lowest BCUT2D eigenvalue weighted by molar-refractivity contribution is 0.0514. The third-order valence-corrected chi connectivity index (χ3v) is 3.23. The summed E-state index contributed by atoms with van der Waals surface area (Å²) in [6, 6.07) is 0. The fourth-order valence-electron chi connectivity index (χ4n) is 2.10. The average molecular weight is 264 g/mol. The van der Waals surface area contributed by atoms with E-state index in [1.807, 2.05) is 0 Å². The molecule has 1 amide bonds. The highest BCUT2D eigenvalue weighted by Crippen LogP contribution is 2.16. The van der Waals surface area contributed by atoms with Gasteiger partial charge in [-0.3, -0.25) is 4.79 Å². The van der Waals surface area contributed by atoms with E-state index in [-0.39, 0.29) is 5.91 Å². The highest BCUT2D eigenvalue weighted by molar-refractivity contribution is 5.93. The van der Waals surface area contributed by atoms with Crippen LogP contribution in [0.1, 0.15) is 29.6 Å². The first-order chi connectivity index (χ1) is 9.29. The molecule has 6 heteroatoms. The van der Waals surface area contributed by atoms with E-state index in [4.69, 9.17) is 4.74 Å². The molecule has 1 aliphatic heterocycles. The van der Waals surface area contributed by atoms with Crippen LogP contribution in [-0.2, 0) is 4.74 Å². The van der Waals surface area contributed by atoms with Crippen molar-refractivity contribution < 1.29 is 9.53 Å². The van der Waals surface area contributed by atoms with Gasteiger partial charge in [0.15, 0.2) is 0 Å². The molecule has 0 radical (unpaired) electrons. The maximum atomic E-state index is 11.8. The van der Waals surface area contributed by atoms with E-state index in [1.165, 1.54) is 18.8 Å². The molecule has 0 bridgehead atoms.